The van der Waals surface area contributed by atoms with Gasteiger partial charge in [-0.1, -0.05) is 89.4 Å². The fourth-order valence-electron chi connectivity index (χ4n) is 4.74. The number of hydrogen-bond donors (Lipinski definition) is 1. The highest BCUT2D eigenvalue weighted by Gasteiger charge is 2.34. The summed E-state index contributed by atoms with van der Waals surface area (Å²) in [5.41, 5.74) is 3.48. The van der Waals surface area contributed by atoms with E-state index in [0.717, 1.165) is 26.6 Å². The number of aryl methyl sites for hydroxylation is 2. The van der Waals surface area contributed by atoms with Crippen LogP contribution in [0.15, 0.2) is 102 Å². The molecule has 0 aliphatic rings. The zero-order valence-corrected chi connectivity index (χ0v) is 27.2. The number of likely N-dealkylation sites (N-methyl/N-ethyl adjacent to an activating group) is 1. The van der Waals surface area contributed by atoms with Crippen molar-refractivity contribution in [2.45, 2.75) is 44.7 Å². The molecule has 2 amide bonds. The molecular weight excluding hydrogens is 617 g/mol. The van der Waals surface area contributed by atoms with Gasteiger partial charge in [0.15, 0.2) is 0 Å². The van der Waals surface area contributed by atoms with Crippen molar-refractivity contribution in [2.24, 2.45) is 0 Å². The van der Waals surface area contributed by atoms with Crippen LogP contribution in [-0.4, -0.2) is 44.3 Å². The molecule has 0 aliphatic carbocycles. The van der Waals surface area contributed by atoms with Gasteiger partial charge in [0.1, 0.15) is 12.6 Å². The molecule has 7 nitrogen and oxygen atoms in total. The summed E-state index contributed by atoms with van der Waals surface area (Å²) in [6.45, 7) is 5.33. The van der Waals surface area contributed by atoms with Gasteiger partial charge < -0.3 is 10.2 Å². The van der Waals surface area contributed by atoms with E-state index in [1.165, 1.54) is 23.1 Å². The number of carbonyl (C=O) groups is 2. The van der Waals surface area contributed by atoms with Gasteiger partial charge in [-0.2, -0.15) is 0 Å². The summed E-state index contributed by atoms with van der Waals surface area (Å²) in [5.74, 6) is -0.899. The van der Waals surface area contributed by atoms with Crippen molar-refractivity contribution in [3.05, 3.63) is 129 Å². The Morgan fingerprint density at radius 3 is 2.11 bits per heavy atom. The smallest absolute Gasteiger partial charge is 0.264 e. The predicted molar refractivity (Wildman–Crippen MR) is 177 cm³/mol. The molecular formula is C34H35Cl2N3O4S. The van der Waals surface area contributed by atoms with Gasteiger partial charge in [0.25, 0.3) is 10.0 Å². The van der Waals surface area contributed by atoms with Crippen LogP contribution in [0.3, 0.4) is 0 Å². The van der Waals surface area contributed by atoms with Crippen LogP contribution in [-0.2, 0) is 32.6 Å². The van der Waals surface area contributed by atoms with Gasteiger partial charge in [-0.15, -0.1) is 0 Å². The Labute approximate surface area is 269 Å². The minimum absolute atomic E-state index is 0.0291. The molecule has 4 rings (SSSR count). The third-order valence-corrected chi connectivity index (χ3v) is 9.67. The zero-order chi connectivity index (χ0) is 31.9. The number of nitrogens with zero attached hydrogens (tertiary/aromatic N) is 2. The van der Waals surface area contributed by atoms with Gasteiger partial charge in [0.2, 0.25) is 11.8 Å². The topological polar surface area (TPSA) is 86.8 Å². The van der Waals surface area contributed by atoms with Gasteiger partial charge in [0.05, 0.1) is 10.6 Å². The second-order valence-corrected chi connectivity index (χ2v) is 13.2. The van der Waals surface area contributed by atoms with Gasteiger partial charge in [0, 0.05) is 29.6 Å². The number of nitrogens with one attached hydrogen (secondary N) is 1. The van der Waals surface area contributed by atoms with E-state index in [9.17, 15) is 18.0 Å². The maximum Gasteiger partial charge on any atom is 0.264 e. The molecule has 0 radical (unpaired) electrons. The molecule has 230 valence electrons. The van der Waals surface area contributed by atoms with Crippen LogP contribution in [0, 0.1) is 13.8 Å². The highest BCUT2D eigenvalue weighted by molar-refractivity contribution is 7.92. The maximum absolute atomic E-state index is 14.4. The summed E-state index contributed by atoms with van der Waals surface area (Å²) >= 11 is 12.6. The fraction of sp³-hybridized carbons (Fsp3) is 0.235. The Bertz CT molecular complexity index is 1700. The molecule has 0 aromatic heterocycles. The normalized spacial score (nSPS) is 11.9. The monoisotopic (exact) mass is 651 g/mol. The Hall–Kier alpha value is -3.85. The molecule has 4 aromatic carbocycles. The number of benzene rings is 4. The van der Waals surface area contributed by atoms with Crippen LogP contribution in [0.2, 0.25) is 10.0 Å². The second-order valence-electron chi connectivity index (χ2n) is 10.5. The van der Waals surface area contributed by atoms with Crippen molar-refractivity contribution in [3.8, 4) is 0 Å². The molecule has 1 unspecified atom stereocenters. The molecule has 0 saturated carbocycles. The second kappa shape index (κ2) is 14.8. The lowest BCUT2D eigenvalue weighted by molar-refractivity contribution is -0.140. The lowest BCUT2D eigenvalue weighted by atomic mass is 10.0. The highest BCUT2D eigenvalue weighted by atomic mass is 35.5. The van der Waals surface area contributed by atoms with Crippen molar-refractivity contribution >= 4 is 50.7 Å². The van der Waals surface area contributed by atoms with Crippen molar-refractivity contribution in [2.75, 3.05) is 17.4 Å². The summed E-state index contributed by atoms with van der Waals surface area (Å²) in [4.78, 5) is 29.4. The maximum atomic E-state index is 14.4. The molecule has 1 N–H and O–H groups in total. The van der Waals surface area contributed by atoms with Crippen molar-refractivity contribution < 1.29 is 18.0 Å². The van der Waals surface area contributed by atoms with Gasteiger partial charge >= 0.3 is 0 Å². The first-order valence-corrected chi connectivity index (χ1v) is 16.4. The summed E-state index contributed by atoms with van der Waals surface area (Å²) in [6.07, 6.45) is 0.229. The molecule has 10 heteroatoms. The minimum atomic E-state index is -4.21. The third-order valence-electron chi connectivity index (χ3n) is 7.22. The number of amides is 2. The standard InChI is InChI=1S/C34H35Cl2N3O4S/c1-4-37-34(41)32(20-26-8-6-5-7-9-26)38(22-27-13-15-28(35)16-14-27)33(40)23-39(29-17-12-25(3)31(36)21-29)44(42,43)30-18-10-24(2)11-19-30/h5-19,21,32H,4,20,22-23H2,1-3H3,(H,37,41). The van der Waals surface area contributed by atoms with Gasteiger partial charge in [-0.05, 0) is 73.9 Å². The third kappa shape index (κ3) is 8.20. The van der Waals surface area contributed by atoms with Crippen molar-refractivity contribution in [1.82, 2.24) is 10.2 Å². The number of hydrogen-bond acceptors (Lipinski definition) is 4. The minimum Gasteiger partial charge on any atom is -0.355 e. The van der Waals surface area contributed by atoms with Crippen LogP contribution in [0.4, 0.5) is 5.69 Å². The first kappa shape index (κ1) is 33.1. The van der Waals surface area contributed by atoms with Gasteiger partial charge in [-0.25, -0.2) is 8.42 Å². The van der Waals surface area contributed by atoms with Crippen LogP contribution >= 0.6 is 23.2 Å². The number of anilines is 1. The van der Waals surface area contributed by atoms with E-state index in [-0.39, 0.29) is 29.5 Å². The Morgan fingerprint density at radius 2 is 1.50 bits per heavy atom. The molecule has 4 aromatic rings. The predicted octanol–water partition coefficient (Wildman–Crippen LogP) is 6.58. The number of halogens is 2. The number of carbonyl (C=O) groups excluding carboxylic acids is 2. The van der Waals surface area contributed by atoms with E-state index < -0.39 is 28.5 Å². The first-order chi connectivity index (χ1) is 21.0. The van der Waals surface area contributed by atoms with E-state index in [0.29, 0.717) is 16.6 Å². The summed E-state index contributed by atoms with van der Waals surface area (Å²) in [5, 5.41) is 3.75. The Morgan fingerprint density at radius 1 is 0.841 bits per heavy atom. The molecule has 0 heterocycles. The van der Waals surface area contributed by atoms with E-state index in [4.69, 9.17) is 23.2 Å². The lowest BCUT2D eigenvalue weighted by Gasteiger charge is -2.34. The fourth-order valence-corrected chi connectivity index (χ4v) is 6.44. The number of rotatable bonds is 12. The zero-order valence-electron chi connectivity index (χ0n) is 24.8. The summed E-state index contributed by atoms with van der Waals surface area (Å²) in [6, 6.07) is 26.7. The van der Waals surface area contributed by atoms with Crippen LogP contribution in [0.5, 0.6) is 0 Å². The first-order valence-electron chi connectivity index (χ1n) is 14.2. The van der Waals surface area contributed by atoms with E-state index in [1.54, 1.807) is 55.5 Å². The lowest BCUT2D eigenvalue weighted by Crippen LogP contribution is -2.53. The van der Waals surface area contributed by atoms with Crippen molar-refractivity contribution in [3.63, 3.8) is 0 Å². The molecule has 0 bridgehead atoms. The average Bonchev–Trinajstić information content (AvgIpc) is 3.00. The van der Waals surface area contributed by atoms with E-state index >= 15 is 0 Å². The molecule has 1 atom stereocenters. The van der Waals surface area contributed by atoms with E-state index in [2.05, 4.69) is 5.32 Å². The molecule has 0 fully saturated rings. The quantitative estimate of drug-likeness (QED) is 0.187. The van der Waals surface area contributed by atoms with Gasteiger partial charge in [-0.3, -0.25) is 13.9 Å². The molecule has 0 spiro atoms. The van der Waals surface area contributed by atoms with Crippen LogP contribution in [0.1, 0.15) is 29.2 Å². The largest absolute Gasteiger partial charge is 0.355 e. The molecule has 44 heavy (non-hydrogen) atoms. The van der Waals surface area contributed by atoms with E-state index in [1.807, 2.05) is 44.2 Å². The SMILES string of the molecule is CCNC(=O)C(Cc1ccccc1)N(Cc1ccc(Cl)cc1)C(=O)CN(c1ccc(C)c(Cl)c1)S(=O)(=O)c1ccc(C)cc1. The highest BCUT2D eigenvalue weighted by Crippen LogP contribution is 2.29. The molecule has 0 aliphatic heterocycles. The number of sulfonamides is 1. The van der Waals surface area contributed by atoms with Crippen LogP contribution in [0.25, 0.3) is 0 Å². The summed E-state index contributed by atoms with van der Waals surface area (Å²) < 4.78 is 29.3. The summed E-state index contributed by atoms with van der Waals surface area (Å²) in [7, 11) is -4.21. The Kier molecular flexibility index (Phi) is 11.1. The van der Waals surface area contributed by atoms with Crippen LogP contribution < -0.4 is 9.62 Å². The Balaban J connectivity index is 1.81. The molecule has 0 saturated heterocycles. The van der Waals surface area contributed by atoms with Crippen molar-refractivity contribution in [1.29, 1.82) is 0 Å². The average molecular weight is 653 g/mol.